The maximum Gasteiger partial charge on any atom is 0.395 e. The zero-order valence-electron chi connectivity index (χ0n) is 6.36. The van der Waals surface area contributed by atoms with Crippen LogP contribution in [-0.2, 0) is 0 Å². The van der Waals surface area contributed by atoms with Crippen molar-refractivity contribution in [2.24, 2.45) is 11.8 Å². The molecule has 0 amide bonds. The standard InChI is InChI=1S/C8H11F3/c1-6-3-2-4-7(5-6)8(9,10)11/h2,4,6-7H,3,5H2,1H3/t6-,7?/m0/s1. The Morgan fingerprint density at radius 1 is 1.36 bits per heavy atom. The van der Waals surface area contributed by atoms with Crippen molar-refractivity contribution in [3.8, 4) is 0 Å². The van der Waals surface area contributed by atoms with E-state index >= 15 is 0 Å². The summed E-state index contributed by atoms with van der Waals surface area (Å²) in [6.45, 7) is 1.85. The largest absolute Gasteiger partial charge is 0.395 e. The van der Waals surface area contributed by atoms with E-state index in [-0.39, 0.29) is 12.3 Å². The lowest BCUT2D eigenvalue weighted by atomic mass is 9.88. The van der Waals surface area contributed by atoms with Crippen LogP contribution >= 0.6 is 0 Å². The molecule has 0 N–H and O–H groups in total. The molecule has 0 heterocycles. The van der Waals surface area contributed by atoms with Gasteiger partial charge in [-0.05, 0) is 18.8 Å². The molecule has 64 valence electrons. The summed E-state index contributed by atoms with van der Waals surface area (Å²) in [5, 5.41) is 0. The van der Waals surface area contributed by atoms with Crippen molar-refractivity contribution in [2.45, 2.75) is 25.9 Å². The highest BCUT2D eigenvalue weighted by Crippen LogP contribution is 2.35. The molecular formula is C8H11F3. The molecule has 3 heteroatoms. The first-order valence-corrected chi connectivity index (χ1v) is 3.73. The molecule has 1 rings (SSSR count). The van der Waals surface area contributed by atoms with Gasteiger partial charge in [-0.2, -0.15) is 13.2 Å². The van der Waals surface area contributed by atoms with Crippen molar-refractivity contribution in [2.75, 3.05) is 0 Å². The van der Waals surface area contributed by atoms with Gasteiger partial charge < -0.3 is 0 Å². The van der Waals surface area contributed by atoms with Crippen molar-refractivity contribution < 1.29 is 13.2 Å². The van der Waals surface area contributed by atoms with Crippen LogP contribution in [0.1, 0.15) is 19.8 Å². The predicted molar refractivity (Wildman–Crippen MR) is 37.1 cm³/mol. The maximum absolute atomic E-state index is 12.1. The third-order valence-corrected chi connectivity index (χ3v) is 1.98. The molecule has 2 atom stereocenters. The Morgan fingerprint density at radius 2 is 2.00 bits per heavy atom. The van der Waals surface area contributed by atoms with Crippen molar-refractivity contribution in [1.29, 1.82) is 0 Å². The van der Waals surface area contributed by atoms with E-state index < -0.39 is 12.1 Å². The van der Waals surface area contributed by atoms with E-state index in [0.29, 0.717) is 0 Å². The minimum Gasteiger partial charge on any atom is -0.170 e. The predicted octanol–water partition coefficient (Wildman–Crippen LogP) is 3.15. The van der Waals surface area contributed by atoms with Gasteiger partial charge in [0.2, 0.25) is 0 Å². The monoisotopic (exact) mass is 164 g/mol. The van der Waals surface area contributed by atoms with Crippen molar-refractivity contribution in [3.05, 3.63) is 12.2 Å². The Hall–Kier alpha value is -0.470. The Bertz CT molecular complexity index is 157. The van der Waals surface area contributed by atoms with Crippen molar-refractivity contribution >= 4 is 0 Å². The van der Waals surface area contributed by atoms with Crippen LogP contribution < -0.4 is 0 Å². The quantitative estimate of drug-likeness (QED) is 0.482. The summed E-state index contributed by atoms with van der Waals surface area (Å²) in [6, 6.07) is 0. The van der Waals surface area contributed by atoms with E-state index in [1.807, 2.05) is 6.92 Å². The second kappa shape index (κ2) is 2.88. The molecule has 1 unspecified atom stereocenters. The summed E-state index contributed by atoms with van der Waals surface area (Å²) in [5.41, 5.74) is 0. The average molecular weight is 164 g/mol. The van der Waals surface area contributed by atoms with E-state index in [1.54, 1.807) is 6.08 Å². The lowest BCUT2D eigenvalue weighted by molar-refractivity contribution is -0.166. The molecule has 0 fully saturated rings. The van der Waals surface area contributed by atoms with Crippen molar-refractivity contribution in [1.82, 2.24) is 0 Å². The maximum atomic E-state index is 12.1. The molecule has 0 aromatic heterocycles. The summed E-state index contributed by atoms with van der Waals surface area (Å²) in [6.07, 6.45) is -0.0932. The Labute approximate surface area is 64.1 Å². The molecule has 0 nitrogen and oxygen atoms in total. The third kappa shape index (κ3) is 2.24. The number of alkyl halides is 3. The van der Waals surface area contributed by atoms with Gasteiger partial charge in [0.25, 0.3) is 0 Å². The molecular weight excluding hydrogens is 153 g/mol. The average Bonchev–Trinajstić information content (AvgIpc) is 1.86. The molecule has 1 aliphatic carbocycles. The van der Waals surface area contributed by atoms with Crippen LogP contribution in [0.15, 0.2) is 12.2 Å². The molecule has 0 aromatic rings. The third-order valence-electron chi connectivity index (χ3n) is 1.98. The van der Waals surface area contributed by atoms with Gasteiger partial charge in [0.15, 0.2) is 0 Å². The molecule has 0 saturated heterocycles. The molecule has 0 spiro atoms. The van der Waals surface area contributed by atoms with Crippen LogP contribution in [-0.4, -0.2) is 6.18 Å². The lowest BCUT2D eigenvalue weighted by Crippen LogP contribution is -2.24. The van der Waals surface area contributed by atoms with Crippen LogP contribution in [0.3, 0.4) is 0 Å². The summed E-state index contributed by atoms with van der Waals surface area (Å²) in [5.74, 6) is -1.03. The van der Waals surface area contributed by atoms with E-state index in [1.165, 1.54) is 6.08 Å². The molecule has 0 bridgehead atoms. The lowest BCUT2D eigenvalue weighted by Gasteiger charge is -2.23. The molecule has 0 aromatic carbocycles. The topological polar surface area (TPSA) is 0 Å². The SMILES string of the molecule is C[C@H]1CC=CC(C(F)(F)F)C1. The molecule has 11 heavy (non-hydrogen) atoms. The van der Waals surface area contributed by atoms with Crippen LogP contribution in [0.5, 0.6) is 0 Å². The van der Waals surface area contributed by atoms with Crippen LogP contribution in [0, 0.1) is 11.8 Å². The second-order valence-corrected chi connectivity index (χ2v) is 3.15. The Balaban J connectivity index is 2.60. The summed E-state index contributed by atoms with van der Waals surface area (Å²) in [7, 11) is 0. The minimum atomic E-state index is -4.04. The molecule has 1 aliphatic rings. The number of hydrogen-bond donors (Lipinski definition) is 0. The number of halogens is 3. The zero-order chi connectivity index (χ0) is 8.48. The minimum absolute atomic E-state index is 0.173. The Kier molecular flexibility index (Phi) is 2.25. The van der Waals surface area contributed by atoms with Gasteiger partial charge in [0.1, 0.15) is 0 Å². The number of rotatable bonds is 0. The zero-order valence-corrected chi connectivity index (χ0v) is 6.36. The van der Waals surface area contributed by atoms with Gasteiger partial charge in [0.05, 0.1) is 5.92 Å². The molecule has 0 saturated carbocycles. The normalized spacial score (nSPS) is 32.4. The van der Waals surface area contributed by atoms with E-state index in [9.17, 15) is 13.2 Å². The highest BCUT2D eigenvalue weighted by atomic mass is 19.4. The van der Waals surface area contributed by atoms with E-state index in [4.69, 9.17) is 0 Å². The fourth-order valence-corrected chi connectivity index (χ4v) is 1.33. The first-order chi connectivity index (χ1) is 5.00. The molecule has 0 radical (unpaired) electrons. The van der Waals surface area contributed by atoms with Gasteiger partial charge in [-0.3, -0.25) is 0 Å². The van der Waals surface area contributed by atoms with Crippen LogP contribution in [0.4, 0.5) is 13.2 Å². The summed E-state index contributed by atoms with van der Waals surface area (Å²) in [4.78, 5) is 0. The number of allylic oxidation sites excluding steroid dienone is 2. The smallest absolute Gasteiger partial charge is 0.170 e. The van der Waals surface area contributed by atoms with Gasteiger partial charge in [-0.25, -0.2) is 0 Å². The summed E-state index contributed by atoms with van der Waals surface area (Å²) < 4.78 is 36.2. The van der Waals surface area contributed by atoms with Gasteiger partial charge in [0, 0.05) is 0 Å². The second-order valence-electron chi connectivity index (χ2n) is 3.15. The van der Waals surface area contributed by atoms with E-state index in [0.717, 1.165) is 6.42 Å². The summed E-state index contributed by atoms with van der Waals surface area (Å²) >= 11 is 0. The van der Waals surface area contributed by atoms with Gasteiger partial charge in [-0.15, -0.1) is 0 Å². The van der Waals surface area contributed by atoms with Gasteiger partial charge in [-0.1, -0.05) is 19.1 Å². The Morgan fingerprint density at radius 3 is 2.36 bits per heavy atom. The van der Waals surface area contributed by atoms with E-state index in [2.05, 4.69) is 0 Å². The number of hydrogen-bond acceptors (Lipinski definition) is 0. The van der Waals surface area contributed by atoms with Crippen LogP contribution in [0.2, 0.25) is 0 Å². The highest BCUT2D eigenvalue weighted by Gasteiger charge is 2.39. The van der Waals surface area contributed by atoms with Crippen LogP contribution in [0.25, 0.3) is 0 Å². The van der Waals surface area contributed by atoms with Crippen molar-refractivity contribution in [3.63, 3.8) is 0 Å². The van der Waals surface area contributed by atoms with Gasteiger partial charge >= 0.3 is 6.18 Å². The fraction of sp³-hybridized carbons (Fsp3) is 0.750. The fourth-order valence-electron chi connectivity index (χ4n) is 1.33. The molecule has 0 aliphatic heterocycles. The first kappa shape index (κ1) is 8.62. The highest BCUT2D eigenvalue weighted by molar-refractivity contribution is 4.97. The first-order valence-electron chi connectivity index (χ1n) is 3.73.